The molecule has 1 amide bonds. The smallest absolute Gasteiger partial charge is 0.350 e. The van der Waals surface area contributed by atoms with Crippen molar-refractivity contribution in [1.82, 2.24) is 19.5 Å². The van der Waals surface area contributed by atoms with Gasteiger partial charge in [-0.2, -0.15) is 0 Å². The lowest BCUT2D eigenvalue weighted by atomic mass is 9.94. The van der Waals surface area contributed by atoms with Gasteiger partial charge in [-0.15, -0.1) is 17.5 Å². The molecule has 3 N–H and O–H groups in total. The van der Waals surface area contributed by atoms with Gasteiger partial charge in [0, 0.05) is 18.3 Å². The van der Waals surface area contributed by atoms with Gasteiger partial charge in [-0.05, 0) is 25.0 Å². The summed E-state index contributed by atoms with van der Waals surface area (Å²) in [5.41, 5.74) is 5.91. The van der Waals surface area contributed by atoms with Crippen LogP contribution in [0.2, 0.25) is 0 Å². The Hall–Kier alpha value is -1.86. The Kier molecular flexibility index (Phi) is 6.13. The summed E-state index contributed by atoms with van der Waals surface area (Å²) in [6.07, 6.45) is 3.17. The van der Waals surface area contributed by atoms with Gasteiger partial charge in [0.05, 0.1) is 0 Å². The molecule has 2 aromatic heterocycles. The van der Waals surface area contributed by atoms with Crippen LogP contribution in [-0.4, -0.2) is 32.2 Å². The Morgan fingerprint density at radius 1 is 1.36 bits per heavy atom. The highest BCUT2D eigenvalue weighted by Gasteiger charge is 2.21. The summed E-state index contributed by atoms with van der Waals surface area (Å²) in [6, 6.07) is 5.25. The molecule has 0 atom stereocenters. The standard InChI is InChI=1S/C14H21N5O2.ClH/c1-3-14(15,4-2)10-16-12(20)9-19-13(21)18-8-6-5-7-11(18)17-19;/h5-8H,3-4,9-10,15H2,1-2H3,(H,16,20);1H. The first-order valence-corrected chi connectivity index (χ1v) is 7.09. The van der Waals surface area contributed by atoms with Crippen LogP contribution in [0.25, 0.3) is 5.65 Å². The van der Waals surface area contributed by atoms with E-state index in [0.717, 1.165) is 17.5 Å². The number of hydrogen-bond donors (Lipinski definition) is 2. The van der Waals surface area contributed by atoms with Gasteiger partial charge in [-0.1, -0.05) is 19.9 Å². The van der Waals surface area contributed by atoms with Crippen LogP contribution in [0.3, 0.4) is 0 Å². The van der Waals surface area contributed by atoms with Crippen molar-refractivity contribution in [2.75, 3.05) is 6.54 Å². The number of pyridine rings is 1. The second-order valence-corrected chi connectivity index (χ2v) is 5.22. The Morgan fingerprint density at radius 2 is 2.05 bits per heavy atom. The van der Waals surface area contributed by atoms with Crippen LogP contribution in [0.15, 0.2) is 29.2 Å². The number of nitrogens with two attached hydrogens (primary N) is 1. The maximum Gasteiger partial charge on any atom is 0.350 e. The SMILES string of the molecule is CCC(N)(CC)CNC(=O)Cn1nc2ccccn2c1=O.Cl. The Morgan fingerprint density at radius 3 is 2.64 bits per heavy atom. The molecule has 0 saturated carbocycles. The van der Waals surface area contributed by atoms with Crippen LogP contribution >= 0.6 is 12.4 Å². The van der Waals surface area contributed by atoms with Crippen LogP contribution in [0.1, 0.15) is 26.7 Å². The molecule has 0 spiro atoms. The van der Waals surface area contributed by atoms with E-state index in [0.29, 0.717) is 12.2 Å². The second kappa shape index (κ2) is 7.42. The number of halogens is 1. The third-order valence-corrected chi connectivity index (χ3v) is 3.83. The van der Waals surface area contributed by atoms with Gasteiger partial charge in [-0.3, -0.25) is 9.20 Å². The normalized spacial score (nSPS) is 11.2. The number of rotatable bonds is 6. The number of amides is 1. The van der Waals surface area contributed by atoms with Crippen molar-refractivity contribution in [3.63, 3.8) is 0 Å². The molecule has 2 heterocycles. The minimum Gasteiger partial charge on any atom is -0.353 e. The number of carbonyl (C=O) groups is 1. The molecule has 0 aromatic carbocycles. The van der Waals surface area contributed by atoms with Crippen molar-refractivity contribution in [3.8, 4) is 0 Å². The first kappa shape index (κ1) is 18.2. The molecule has 7 nitrogen and oxygen atoms in total. The zero-order valence-corrected chi connectivity index (χ0v) is 13.6. The zero-order valence-electron chi connectivity index (χ0n) is 12.8. The highest BCUT2D eigenvalue weighted by Crippen LogP contribution is 2.09. The topological polar surface area (TPSA) is 94.4 Å². The van der Waals surface area contributed by atoms with E-state index >= 15 is 0 Å². The van der Waals surface area contributed by atoms with Crippen LogP contribution in [-0.2, 0) is 11.3 Å². The number of fused-ring (bicyclic) bond motifs is 1. The molecule has 0 unspecified atom stereocenters. The van der Waals surface area contributed by atoms with E-state index in [1.54, 1.807) is 24.4 Å². The predicted octanol–water partition coefficient (Wildman–Crippen LogP) is 0.551. The molecule has 0 saturated heterocycles. The minimum absolute atomic E-state index is 0. The fraction of sp³-hybridized carbons (Fsp3) is 0.500. The maximum absolute atomic E-state index is 12.0. The van der Waals surface area contributed by atoms with E-state index in [9.17, 15) is 9.59 Å². The number of nitrogens with one attached hydrogen (secondary N) is 1. The van der Waals surface area contributed by atoms with E-state index < -0.39 is 5.54 Å². The van der Waals surface area contributed by atoms with Gasteiger partial charge in [0.2, 0.25) is 5.91 Å². The lowest BCUT2D eigenvalue weighted by molar-refractivity contribution is -0.122. The monoisotopic (exact) mass is 327 g/mol. The van der Waals surface area contributed by atoms with Gasteiger partial charge in [0.1, 0.15) is 6.54 Å². The summed E-state index contributed by atoms with van der Waals surface area (Å²) in [5.74, 6) is -0.266. The average molecular weight is 328 g/mol. The number of hydrogen-bond acceptors (Lipinski definition) is 4. The van der Waals surface area contributed by atoms with E-state index in [4.69, 9.17) is 5.73 Å². The fourth-order valence-electron chi connectivity index (χ4n) is 2.04. The lowest BCUT2D eigenvalue weighted by Gasteiger charge is -2.26. The summed E-state index contributed by atoms with van der Waals surface area (Å²) in [6.45, 7) is 4.26. The highest BCUT2D eigenvalue weighted by molar-refractivity contribution is 5.85. The molecule has 2 aromatic rings. The van der Waals surface area contributed by atoms with Gasteiger partial charge < -0.3 is 11.1 Å². The number of aromatic nitrogens is 3. The third-order valence-electron chi connectivity index (χ3n) is 3.83. The molecule has 0 aliphatic heterocycles. The molecule has 2 rings (SSSR count). The van der Waals surface area contributed by atoms with Gasteiger partial charge in [-0.25, -0.2) is 9.48 Å². The van der Waals surface area contributed by atoms with E-state index in [1.165, 1.54) is 4.40 Å². The van der Waals surface area contributed by atoms with Crippen molar-refractivity contribution >= 4 is 24.0 Å². The van der Waals surface area contributed by atoms with Crippen LogP contribution < -0.4 is 16.7 Å². The van der Waals surface area contributed by atoms with E-state index in [1.807, 2.05) is 13.8 Å². The van der Waals surface area contributed by atoms with Crippen molar-refractivity contribution in [3.05, 3.63) is 34.9 Å². The molecule has 0 aliphatic carbocycles. The third kappa shape index (κ3) is 3.86. The quantitative estimate of drug-likeness (QED) is 0.810. The molecular weight excluding hydrogens is 306 g/mol. The van der Waals surface area contributed by atoms with Crippen molar-refractivity contribution in [2.45, 2.75) is 38.8 Å². The Bertz CT molecular complexity index is 690. The van der Waals surface area contributed by atoms with Gasteiger partial charge in [0.25, 0.3) is 0 Å². The second-order valence-electron chi connectivity index (χ2n) is 5.22. The summed E-state index contributed by atoms with van der Waals surface area (Å²) in [4.78, 5) is 24.0. The van der Waals surface area contributed by atoms with Crippen LogP contribution in [0, 0.1) is 0 Å². The summed E-state index contributed by atoms with van der Waals surface area (Å²) in [7, 11) is 0. The molecule has 0 bridgehead atoms. The highest BCUT2D eigenvalue weighted by atomic mass is 35.5. The molecule has 8 heteroatoms. The first-order chi connectivity index (χ1) is 9.99. The lowest BCUT2D eigenvalue weighted by Crippen LogP contribution is -2.50. The Balaban J connectivity index is 0.00000242. The molecule has 22 heavy (non-hydrogen) atoms. The summed E-state index contributed by atoms with van der Waals surface area (Å²) >= 11 is 0. The van der Waals surface area contributed by atoms with Crippen molar-refractivity contribution in [1.29, 1.82) is 0 Å². The molecule has 0 radical (unpaired) electrons. The maximum atomic E-state index is 12.0. The van der Waals surface area contributed by atoms with Crippen molar-refractivity contribution in [2.24, 2.45) is 5.73 Å². The molecule has 0 aliphatic rings. The van der Waals surface area contributed by atoms with Crippen LogP contribution in [0.4, 0.5) is 0 Å². The fourth-order valence-corrected chi connectivity index (χ4v) is 2.04. The largest absolute Gasteiger partial charge is 0.353 e. The first-order valence-electron chi connectivity index (χ1n) is 7.09. The van der Waals surface area contributed by atoms with E-state index in [-0.39, 0.29) is 30.5 Å². The molecule has 122 valence electrons. The summed E-state index contributed by atoms with van der Waals surface area (Å²) in [5, 5.41) is 6.88. The number of carbonyl (C=O) groups excluding carboxylic acids is 1. The van der Waals surface area contributed by atoms with Gasteiger partial charge >= 0.3 is 5.69 Å². The van der Waals surface area contributed by atoms with Crippen molar-refractivity contribution < 1.29 is 4.79 Å². The Labute approximate surface area is 134 Å². The van der Waals surface area contributed by atoms with Gasteiger partial charge in [0.15, 0.2) is 5.65 Å². The van der Waals surface area contributed by atoms with E-state index in [2.05, 4.69) is 10.4 Å². The zero-order chi connectivity index (χ0) is 15.5. The average Bonchev–Trinajstić information content (AvgIpc) is 2.82. The number of nitrogens with zero attached hydrogens (tertiary/aromatic N) is 3. The minimum atomic E-state index is -0.403. The summed E-state index contributed by atoms with van der Waals surface area (Å²) < 4.78 is 2.55. The molecule has 0 fully saturated rings. The predicted molar refractivity (Wildman–Crippen MR) is 87.2 cm³/mol. The molecular formula is C14H22ClN5O2. The van der Waals surface area contributed by atoms with Crippen LogP contribution in [0.5, 0.6) is 0 Å².